The van der Waals surface area contributed by atoms with E-state index >= 15 is 0 Å². The summed E-state index contributed by atoms with van der Waals surface area (Å²) in [6.07, 6.45) is 3.79. The molecular weight excluding hydrogens is 558 g/mol. The number of pyridine rings is 3. The van der Waals surface area contributed by atoms with Gasteiger partial charge in [0.25, 0.3) is 0 Å². The van der Waals surface area contributed by atoms with Crippen LogP contribution < -0.4 is 0 Å². The summed E-state index contributed by atoms with van der Waals surface area (Å²) in [5, 5.41) is 7.10. The Morgan fingerprint density at radius 3 is 1.74 bits per heavy atom. The van der Waals surface area contributed by atoms with E-state index in [1.165, 1.54) is 44.0 Å². The first-order chi connectivity index (χ1) is 22.8. The fourth-order valence-corrected chi connectivity index (χ4v) is 7.25. The molecule has 0 saturated carbocycles. The third-order valence-corrected chi connectivity index (χ3v) is 9.47. The highest BCUT2D eigenvalue weighted by molar-refractivity contribution is 6.15. The van der Waals surface area contributed by atoms with Crippen molar-refractivity contribution in [2.45, 2.75) is 0 Å². The topological polar surface area (TPSA) is 38.7 Å². The first kappa shape index (κ1) is 25.2. The van der Waals surface area contributed by atoms with Gasteiger partial charge in [0, 0.05) is 39.7 Å². The average molecular weight is 584 g/mol. The van der Waals surface area contributed by atoms with Crippen molar-refractivity contribution in [2.24, 2.45) is 0 Å². The fourth-order valence-electron chi connectivity index (χ4n) is 7.25. The Hall–Kier alpha value is -6.19. The second-order valence-electron chi connectivity index (χ2n) is 12.1. The Labute approximate surface area is 265 Å². The zero-order valence-corrected chi connectivity index (χ0v) is 24.8. The highest BCUT2D eigenvalue weighted by Crippen LogP contribution is 2.48. The largest absolute Gasteiger partial charge is 0.264 e. The molecule has 9 aromatic rings. The van der Waals surface area contributed by atoms with E-state index in [1.807, 2.05) is 12.4 Å². The van der Waals surface area contributed by atoms with Gasteiger partial charge in [0.05, 0.1) is 22.4 Å². The Morgan fingerprint density at radius 1 is 0.370 bits per heavy atom. The van der Waals surface area contributed by atoms with Gasteiger partial charge in [-0.05, 0) is 79.9 Å². The predicted octanol–water partition coefficient (Wildman–Crippen LogP) is 11.1. The monoisotopic (exact) mass is 583 g/mol. The van der Waals surface area contributed by atoms with Gasteiger partial charge in [-0.15, -0.1) is 0 Å². The minimum atomic E-state index is 0.912. The first-order valence-electron chi connectivity index (χ1n) is 15.6. The van der Waals surface area contributed by atoms with Gasteiger partial charge >= 0.3 is 0 Å². The lowest BCUT2D eigenvalue weighted by Gasteiger charge is -2.11. The summed E-state index contributed by atoms with van der Waals surface area (Å²) in [7, 11) is 0. The van der Waals surface area contributed by atoms with Crippen LogP contribution in [0.1, 0.15) is 0 Å². The van der Waals surface area contributed by atoms with Crippen LogP contribution in [-0.4, -0.2) is 15.0 Å². The van der Waals surface area contributed by atoms with Crippen molar-refractivity contribution >= 4 is 43.4 Å². The summed E-state index contributed by atoms with van der Waals surface area (Å²) in [5.74, 6) is 0. The molecule has 0 amide bonds. The second kappa shape index (κ2) is 9.65. The molecule has 0 unspecified atom stereocenters. The minimum absolute atomic E-state index is 0.912. The van der Waals surface area contributed by atoms with Gasteiger partial charge < -0.3 is 0 Å². The lowest BCUT2D eigenvalue weighted by Crippen LogP contribution is -1.92. The van der Waals surface area contributed by atoms with Crippen molar-refractivity contribution in [3.05, 3.63) is 152 Å². The molecule has 1 aliphatic rings. The van der Waals surface area contributed by atoms with Crippen LogP contribution in [0.5, 0.6) is 0 Å². The summed E-state index contributed by atoms with van der Waals surface area (Å²) in [4.78, 5) is 14.9. The van der Waals surface area contributed by atoms with Crippen molar-refractivity contribution in [1.29, 1.82) is 0 Å². The van der Waals surface area contributed by atoms with Crippen LogP contribution >= 0.6 is 0 Å². The SMILES string of the molecule is c1cc(-c2ccc3ccc4ccc(-c5ccc6c(c5)-c5cccc7cccc-6c57)nc4c3n2)cc(-c2cccc3ccncc23)c1. The number of fused-ring (bicyclic) bond motifs is 7. The smallest absolute Gasteiger partial charge is 0.0972 e. The Morgan fingerprint density at radius 2 is 0.978 bits per heavy atom. The highest BCUT2D eigenvalue weighted by atomic mass is 14.8. The van der Waals surface area contributed by atoms with Crippen molar-refractivity contribution in [3.8, 4) is 55.9 Å². The molecule has 3 heterocycles. The van der Waals surface area contributed by atoms with Gasteiger partial charge in [-0.3, -0.25) is 4.98 Å². The normalized spacial score (nSPS) is 11.9. The average Bonchev–Trinajstić information content (AvgIpc) is 3.45. The molecule has 0 aliphatic heterocycles. The standard InChI is InChI=1S/C43H25N3/c1-8-30(33-10-2-5-26-21-22-44-25-38(26)33)23-31(9-1)39-19-16-28-13-14-29-17-20-40(46-43(29)42(28)45-39)32-15-18-34-35-11-3-6-27-7-4-12-36(41(27)35)37(34)24-32/h1-25H. The van der Waals surface area contributed by atoms with E-state index in [-0.39, 0.29) is 0 Å². The van der Waals surface area contributed by atoms with Gasteiger partial charge in [-0.2, -0.15) is 0 Å². The van der Waals surface area contributed by atoms with E-state index in [2.05, 4.69) is 145 Å². The van der Waals surface area contributed by atoms with E-state index in [0.29, 0.717) is 0 Å². The highest BCUT2D eigenvalue weighted by Gasteiger charge is 2.21. The van der Waals surface area contributed by atoms with Crippen molar-refractivity contribution in [2.75, 3.05) is 0 Å². The molecule has 46 heavy (non-hydrogen) atoms. The molecule has 0 bridgehead atoms. The summed E-state index contributed by atoms with van der Waals surface area (Å²) >= 11 is 0. The Balaban J connectivity index is 1.10. The van der Waals surface area contributed by atoms with Gasteiger partial charge in [0.15, 0.2) is 0 Å². The minimum Gasteiger partial charge on any atom is -0.264 e. The molecule has 0 N–H and O–H groups in total. The van der Waals surface area contributed by atoms with Crippen LogP contribution in [0.15, 0.2) is 152 Å². The number of aromatic nitrogens is 3. The second-order valence-corrected chi connectivity index (χ2v) is 12.1. The maximum atomic E-state index is 5.26. The van der Waals surface area contributed by atoms with Crippen LogP contribution in [0.25, 0.3) is 99.2 Å². The molecule has 0 spiro atoms. The number of hydrogen-bond acceptors (Lipinski definition) is 3. The lowest BCUT2D eigenvalue weighted by atomic mass is 9.97. The number of hydrogen-bond donors (Lipinski definition) is 0. The summed E-state index contributed by atoms with van der Waals surface area (Å²) in [5.41, 5.74) is 13.4. The van der Waals surface area contributed by atoms with Gasteiger partial charge in [0.2, 0.25) is 0 Å². The van der Waals surface area contributed by atoms with Crippen LogP contribution in [-0.2, 0) is 0 Å². The van der Waals surface area contributed by atoms with Crippen LogP contribution in [0.3, 0.4) is 0 Å². The van der Waals surface area contributed by atoms with E-state index < -0.39 is 0 Å². The van der Waals surface area contributed by atoms with Crippen molar-refractivity contribution in [1.82, 2.24) is 15.0 Å². The maximum absolute atomic E-state index is 5.26. The summed E-state index contributed by atoms with van der Waals surface area (Å²) in [6.45, 7) is 0. The molecule has 212 valence electrons. The van der Waals surface area contributed by atoms with Crippen LogP contribution in [0.4, 0.5) is 0 Å². The van der Waals surface area contributed by atoms with Crippen LogP contribution in [0, 0.1) is 0 Å². The van der Waals surface area contributed by atoms with E-state index in [4.69, 9.17) is 9.97 Å². The molecule has 6 aromatic carbocycles. The maximum Gasteiger partial charge on any atom is 0.0972 e. The van der Waals surface area contributed by atoms with Gasteiger partial charge in [-0.25, -0.2) is 9.97 Å². The summed E-state index contributed by atoms with van der Waals surface area (Å²) < 4.78 is 0. The first-order valence-corrected chi connectivity index (χ1v) is 15.6. The number of nitrogens with zero attached hydrogens (tertiary/aromatic N) is 3. The van der Waals surface area contributed by atoms with Gasteiger partial charge in [0.1, 0.15) is 0 Å². The molecule has 3 nitrogen and oxygen atoms in total. The van der Waals surface area contributed by atoms with E-state index in [1.54, 1.807) is 0 Å². The molecule has 0 radical (unpaired) electrons. The molecule has 0 saturated heterocycles. The van der Waals surface area contributed by atoms with Gasteiger partial charge in [-0.1, -0.05) is 109 Å². The Kier molecular flexibility index (Phi) is 5.28. The zero-order chi connectivity index (χ0) is 30.2. The molecular formula is C43H25N3. The van der Waals surface area contributed by atoms with Crippen molar-refractivity contribution in [3.63, 3.8) is 0 Å². The molecule has 1 aliphatic carbocycles. The predicted molar refractivity (Wildman–Crippen MR) is 191 cm³/mol. The fraction of sp³-hybridized carbons (Fsp3) is 0. The molecule has 10 rings (SSSR count). The summed E-state index contributed by atoms with van der Waals surface area (Å²) in [6, 6.07) is 49.9. The van der Waals surface area contributed by atoms with E-state index in [9.17, 15) is 0 Å². The lowest BCUT2D eigenvalue weighted by molar-refractivity contribution is 1.36. The molecule has 3 heteroatoms. The third kappa shape index (κ3) is 3.75. The molecule has 0 fully saturated rings. The number of benzene rings is 6. The quantitative estimate of drug-likeness (QED) is 0.194. The van der Waals surface area contributed by atoms with Crippen molar-refractivity contribution < 1.29 is 0 Å². The third-order valence-electron chi connectivity index (χ3n) is 9.47. The number of rotatable bonds is 3. The molecule has 0 atom stereocenters. The Bertz CT molecular complexity index is 2700. The molecule has 3 aromatic heterocycles. The van der Waals surface area contributed by atoms with Crippen LogP contribution in [0.2, 0.25) is 0 Å². The van der Waals surface area contributed by atoms with E-state index in [0.717, 1.165) is 55.3 Å². The zero-order valence-electron chi connectivity index (χ0n) is 24.8.